The molecule has 2 aromatic rings. The number of nitrogens with zero attached hydrogens (tertiary/aromatic N) is 1. The van der Waals surface area contributed by atoms with Crippen LogP contribution in [0.5, 0.6) is 0 Å². The first-order valence-corrected chi connectivity index (χ1v) is 3.13. The summed E-state index contributed by atoms with van der Waals surface area (Å²) in [5.74, 6) is 0. The summed E-state index contributed by atoms with van der Waals surface area (Å²) in [5, 5.41) is 0. The maximum absolute atomic E-state index is 10.6. The van der Waals surface area contributed by atoms with E-state index in [4.69, 9.17) is 0 Å². The fourth-order valence-corrected chi connectivity index (χ4v) is 0.880. The maximum atomic E-state index is 10.6. The molecule has 0 aromatic carbocycles. The van der Waals surface area contributed by atoms with E-state index < -0.39 is 0 Å². The minimum Gasteiger partial charge on any atom is -0.343 e. The Morgan fingerprint density at radius 2 is 2.18 bits per heavy atom. The summed E-state index contributed by atoms with van der Waals surface area (Å²) in [7, 11) is 0. The van der Waals surface area contributed by atoms with Crippen molar-refractivity contribution in [3.05, 3.63) is 29.2 Å². The van der Waals surface area contributed by atoms with Gasteiger partial charge in [0.2, 0.25) is 0 Å². The van der Waals surface area contributed by atoms with E-state index in [1.54, 1.807) is 18.7 Å². The lowest BCUT2D eigenvalue weighted by molar-refractivity contribution is 1.19. The van der Waals surface area contributed by atoms with Crippen LogP contribution in [-0.2, 0) is 0 Å². The molecule has 5 nitrogen and oxygen atoms in total. The normalized spacial score (nSPS) is 10.2. The molecule has 2 aromatic heterocycles. The summed E-state index contributed by atoms with van der Waals surface area (Å²) >= 11 is 0. The van der Waals surface area contributed by atoms with Gasteiger partial charge in [0, 0.05) is 6.20 Å². The number of aromatic nitrogens is 4. The van der Waals surface area contributed by atoms with E-state index in [0.29, 0.717) is 5.69 Å². The largest absolute Gasteiger partial charge is 0.343 e. The first kappa shape index (κ1) is 5.96. The number of H-pyrrole nitrogens is 3. The molecule has 0 saturated carbocycles. The zero-order valence-corrected chi connectivity index (χ0v) is 5.59. The smallest absolute Gasteiger partial charge is 0.323 e. The molecule has 0 radical (unpaired) electrons. The van der Waals surface area contributed by atoms with Crippen LogP contribution in [0.25, 0.3) is 11.4 Å². The minimum atomic E-state index is -0.213. The van der Waals surface area contributed by atoms with Crippen molar-refractivity contribution in [2.75, 3.05) is 0 Å². The lowest BCUT2D eigenvalue weighted by Crippen LogP contribution is -1.99. The molecule has 5 heteroatoms. The van der Waals surface area contributed by atoms with Crippen LogP contribution < -0.4 is 5.69 Å². The van der Waals surface area contributed by atoms with E-state index in [1.165, 1.54) is 0 Å². The molecule has 11 heavy (non-hydrogen) atoms. The number of hydrogen-bond acceptors (Lipinski definition) is 2. The molecule has 0 aliphatic heterocycles. The van der Waals surface area contributed by atoms with Crippen LogP contribution in [-0.4, -0.2) is 19.9 Å². The molecule has 0 atom stereocenters. The van der Waals surface area contributed by atoms with Crippen LogP contribution in [0.1, 0.15) is 0 Å². The summed E-state index contributed by atoms with van der Waals surface area (Å²) < 4.78 is 0. The van der Waals surface area contributed by atoms with Crippen LogP contribution in [0.3, 0.4) is 0 Å². The van der Waals surface area contributed by atoms with Gasteiger partial charge in [-0.3, -0.25) is 0 Å². The van der Waals surface area contributed by atoms with Crippen molar-refractivity contribution in [1.82, 2.24) is 19.9 Å². The van der Waals surface area contributed by atoms with Gasteiger partial charge in [-0.1, -0.05) is 0 Å². The second-order valence-corrected chi connectivity index (χ2v) is 2.12. The van der Waals surface area contributed by atoms with Crippen LogP contribution in [0.4, 0.5) is 0 Å². The van der Waals surface area contributed by atoms with Crippen molar-refractivity contribution in [3.63, 3.8) is 0 Å². The molecule has 56 valence electrons. The van der Waals surface area contributed by atoms with E-state index >= 15 is 0 Å². The molecular weight excluding hydrogens is 144 g/mol. The Morgan fingerprint density at radius 1 is 1.27 bits per heavy atom. The minimum absolute atomic E-state index is 0.213. The summed E-state index contributed by atoms with van der Waals surface area (Å²) in [4.78, 5) is 22.4. The Hall–Kier alpha value is -1.78. The van der Waals surface area contributed by atoms with Gasteiger partial charge in [-0.15, -0.1) is 0 Å². The molecule has 3 N–H and O–H groups in total. The molecule has 0 amide bonds. The summed E-state index contributed by atoms with van der Waals surface area (Å²) in [6.45, 7) is 0. The third-order valence-corrected chi connectivity index (χ3v) is 1.38. The van der Waals surface area contributed by atoms with Gasteiger partial charge in [0.15, 0.2) is 0 Å². The Morgan fingerprint density at radius 3 is 2.73 bits per heavy atom. The summed E-state index contributed by atoms with van der Waals surface area (Å²) in [5.41, 5.74) is 1.30. The average molecular weight is 150 g/mol. The predicted molar refractivity (Wildman–Crippen MR) is 39.0 cm³/mol. The third-order valence-electron chi connectivity index (χ3n) is 1.38. The molecule has 2 heterocycles. The second-order valence-electron chi connectivity index (χ2n) is 2.12. The van der Waals surface area contributed by atoms with E-state index in [2.05, 4.69) is 19.9 Å². The zero-order valence-electron chi connectivity index (χ0n) is 5.59. The highest BCUT2D eigenvalue weighted by molar-refractivity contribution is 5.50. The Balaban J connectivity index is 2.53. The van der Waals surface area contributed by atoms with E-state index in [0.717, 1.165) is 5.69 Å². The first-order valence-electron chi connectivity index (χ1n) is 3.13. The number of hydrogen-bond donors (Lipinski definition) is 3. The van der Waals surface area contributed by atoms with Crippen molar-refractivity contribution < 1.29 is 0 Å². The Labute approximate surface area is 61.5 Å². The Kier molecular flexibility index (Phi) is 1.15. The van der Waals surface area contributed by atoms with Crippen molar-refractivity contribution in [3.8, 4) is 11.4 Å². The molecule has 0 aliphatic carbocycles. The van der Waals surface area contributed by atoms with E-state index in [9.17, 15) is 4.79 Å². The highest BCUT2D eigenvalue weighted by Crippen LogP contribution is 2.07. The third kappa shape index (κ3) is 0.958. The van der Waals surface area contributed by atoms with Gasteiger partial charge >= 0.3 is 5.69 Å². The predicted octanol–water partition coefficient (Wildman–Crippen LogP) is 0.0931. The Bertz CT molecular complexity index is 383. The number of aromatic amines is 3. The van der Waals surface area contributed by atoms with Crippen molar-refractivity contribution in [1.29, 1.82) is 0 Å². The SMILES string of the molecule is O=c1[nH]cc(-c2cnc[nH]2)[nH]1. The maximum Gasteiger partial charge on any atom is 0.323 e. The van der Waals surface area contributed by atoms with Crippen molar-refractivity contribution >= 4 is 0 Å². The standard InChI is InChI=1S/C6H6N4O/c11-6-8-2-5(10-6)4-1-7-3-9-4/h1-3H,(H,7,9)(H2,8,10,11). The van der Waals surface area contributed by atoms with Gasteiger partial charge in [0.05, 0.1) is 23.9 Å². The average Bonchev–Trinajstić information content (AvgIpc) is 2.55. The van der Waals surface area contributed by atoms with Crippen LogP contribution in [0, 0.1) is 0 Å². The molecule has 0 spiro atoms. The van der Waals surface area contributed by atoms with Crippen LogP contribution in [0.15, 0.2) is 23.5 Å². The van der Waals surface area contributed by atoms with Crippen LogP contribution >= 0.6 is 0 Å². The first-order chi connectivity index (χ1) is 5.36. The molecule has 0 fully saturated rings. The quantitative estimate of drug-likeness (QED) is 0.538. The topological polar surface area (TPSA) is 77.3 Å². The molecule has 0 unspecified atom stereocenters. The lowest BCUT2D eigenvalue weighted by atomic mass is 10.4. The van der Waals surface area contributed by atoms with Gasteiger partial charge < -0.3 is 15.0 Å². The van der Waals surface area contributed by atoms with Gasteiger partial charge in [0.1, 0.15) is 0 Å². The van der Waals surface area contributed by atoms with Crippen LogP contribution in [0.2, 0.25) is 0 Å². The van der Waals surface area contributed by atoms with Gasteiger partial charge in [-0.25, -0.2) is 9.78 Å². The van der Waals surface area contributed by atoms with E-state index in [-0.39, 0.29) is 5.69 Å². The highest BCUT2D eigenvalue weighted by Gasteiger charge is 1.98. The fourth-order valence-electron chi connectivity index (χ4n) is 0.880. The molecule has 0 saturated heterocycles. The van der Waals surface area contributed by atoms with Gasteiger partial charge in [-0.05, 0) is 0 Å². The second kappa shape index (κ2) is 2.12. The summed E-state index contributed by atoms with van der Waals surface area (Å²) in [6.07, 6.45) is 4.79. The van der Waals surface area contributed by atoms with Crippen molar-refractivity contribution in [2.45, 2.75) is 0 Å². The van der Waals surface area contributed by atoms with Gasteiger partial charge in [-0.2, -0.15) is 0 Å². The number of rotatable bonds is 1. The molecular formula is C6H6N4O. The number of nitrogens with one attached hydrogen (secondary N) is 3. The highest BCUT2D eigenvalue weighted by atomic mass is 16.1. The molecule has 0 bridgehead atoms. The lowest BCUT2D eigenvalue weighted by Gasteiger charge is -1.85. The number of imidazole rings is 2. The fraction of sp³-hybridized carbons (Fsp3) is 0. The van der Waals surface area contributed by atoms with E-state index in [1.807, 2.05) is 0 Å². The summed E-state index contributed by atoms with van der Waals surface area (Å²) in [6, 6.07) is 0. The monoisotopic (exact) mass is 150 g/mol. The van der Waals surface area contributed by atoms with Crippen molar-refractivity contribution in [2.24, 2.45) is 0 Å². The molecule has 2 rings (SSSR count). The zero-order chi connectivity index (χ0) is 7.68. The van der Waals surface area contributed by atoms with Gasteiger partial charge in [0.25, 0.3) is 0 Å². The molecule has 0 aliphatic rings.